The lowest BCUT2D eigenvalue weighted by atomic mass is 9.89. The summed E-state index contributed by atoms with van der Waals surface area (Å²) in [5, 5.41) is 2.75. The summed E-state index contributed by atoms with van der Waals surface area (Å²) in [6.45, 7) is -0.0479. The van der Waals surface area contributed by atoms with Gasteiger partial charge in [-0.2, -0.15) is 13.2 Å². The standard InChI is InChI=1S/C18H12F5N3OS/c19-13-6-5-10(7-14(13)20)17(8-26-16(28)24-9-25-26)15(27-17)11-3-1-2-4-12(11)18(21,22)23/h1-7,9,15H,8H2,(H,24,25,28). The molecule has 146 valence electrons. The first-order valence-corrected chi connectivity index (χ1v) is 8.53. The summed E-state index contributed by atoms with van der Waals surface area (Å²) in [6, 6.07) is 8.12. The molecule has 1 N–H and O–H groups in total. The molecular weight excluding hydrogens is 401 g/mol. The van der Waals surface area contributed by atoms with Crippen LogP contribution in [0.1, 0.15) is 22.8 Å². The molecule has 2 aromatic carbocycles. The third-order valence-corrected chi connectivity index (χ3v) is 4.99. The molecule has 2 unspecified atom stereocenters. The van der Waals surface area contributed by atoms with Crippen LogP contribution in [-0.2, 0) is 23.1 Å². The number of ether oxygens (including phenoxy) is 1. The maximum absolute atomic E-state index is 13.8. The van der Waals surface area contributed by atoms with Crippen molar-refractivity contribution >= 4 is 12.2 Å². The van der Waals surface area contributed by atoms with Crippen molar-refractivity contribution in [3.8, 4) is 0 Å². The van der Waals surface area contributed by atoms with E-state index in [0.29, 0.717) is 0 Å². The van der Waals surface area contributed by atoms with E-state index in [-0.39, 0.29) is 22.4 Å². The fourth-order valence-corrected chi connectivity index (χ4v) is 3.46. The van der Waals surface area contributed by atoms with Gasteiger partial charge in [0.2, 0.25) is 4.77 Å². The molecular formula is C18H12F5N3OS. The summed E-state index contributed by atoms with van der Waals surface area (Å²) in [5.74, 6) is -2.19. The van der Waals surface area contributed by atoms with Crippen molar-refractivity contribution in [3.63, 3.8) is 0 Å². The number of nitrogens with zero attached hydrogens (tertiary/aromatic N) is 2. The highest BCUT2D eigenvalue weighted by atomic mass is 32.1. The van der Waals surface area contributed by atoms with Gasteiger partial charge in [0.15, 0.2) is 11.6 Å². The molecule has 0 aliphatic carbocycles. The van der Waals surface area contributed by atoms with Crippen LogP contribution in [0.4, 0.5) is 22.0 Å². The van der Waals surface area contributed by atoms with Crippen LogP contribution in [0.25, 0.3) is 0 Å². The topological polar surface area (TPSA) is 46.1 Å². The minimum absolute atomic E-state index is 0.0479. The average molecular weight is 413 g/mol. The van der Waals surface area contributed by atoms with Crippen molar-refractivity contribution < 1.29 is 26.7 Å². The number of benzene rings is 2. The van der Waals surface area contributed by atoms with Gasteiger partial charge in [0, 0.05) is 0 Å². The Kier molecular flexibility index (Phi) is 4.35. The van der Waals surface area contributed by atoms with E-state index in [1.54, 1.807) is 0 Å². The molecule has 0 bridgehead atoms. The summed E-state index contributed by atoms with van der Waals surface area (Å²) in [4.78, 5) is 3.86. The minimum Gasteiger partial charge on any atom is -0.354 e. The second-order valence-corrected chi connectivity index (χ2v) is 6.72. The van der Waals surface area contributed by atoms with Gasteiger partial charge in [0.25, 0.3) is 0 Å². The van der Waals surface area contributed by atoms with Gasteiger partial charge in [-0.1, -0.05) is 24.3 Å². The number of aromatic amines is 1. The summed E-state index contributed by atoms with van der Waals surface area (Å²) < 4.78 is 74.8. The number of epoxide rings is 1. The normalized spacial score (nSPS) is 21.7. The van der Waals surface area contributed by atoms with Gasteiger partial charge in [-0.3, -0.25) is 9.78 Å². The Morgan fingerprint density at radius 2 is 1.89 bits per heavy atom. The molecule has 4 rings (SSSR count). The van der Waals surface area contributed by atoms with Crippen LogP contribution in [-0.4, -0.2) is 14.8 Å². The number of nitrogens with one attached hydrogen (secondary N) is 1. The fourth-order valence-electron chi connectivity index (χ4n) is 3.29. The van der Waals surface area contributed by atoms with Crippen LogP contribution in [0.3, 0.4) is 0 Å². The van der Waals surface area contributed by atoms with Gasteiger partial charge in [-0.25, -0.2) is 13.8 Å². The SMILES string of the molecule is Fc1ccc(C2(Cn3[nH]cnc3=S)OC2c2ccccc2C(F)(F)F)cc1F. The summed E-state index contributed by atoms with van der Waals surface area (Å²) in [7, 11) is 0. The highest BCUT2D eigenvalue weighted by molar-refractivity contribution is 7.71. The molecule has 1 fully saturated rings. The van der Waals surface area contributed by atoms with Gasteiger partial charge < -0.3 is 4.74 Å². The lowest BCUT2D eigenvalue weighted by Crippen LogP contribution is -2.21. The van der Waals surface area contributed by atoms with E-state index in [1.165, 1.54) is 35.3 Å². The third kappa shape index (κ3) is 3.12. The zero-order chi connectivity index (χ0) is 20.1. The van der Waals surface area contributed by atoms with Crippen LogP contribution < -0.4 is 0 Å². The summed E-state index contributed by atoms with van der Waals surface area (Å²) in [5.41, 5.74) is -2.10. The molecule has 0 saturated carbocycles. The van der Waals surface area contributed by atoms with Crippen molar-refractivity contribution in [2.75, 3.05) is 0 Å². The lowest BCUT2D eigenvalue weighted by Gasteiger charge is -2.16. The third-order valence-electron chi connectivity index (χ3n) is 4.66. The second-order valence-electron chi connectivity index (χ2n) is 6.36. The predicted octanol–water partition coefficient (Wildman–Crippen LogP) is 4.90. The smallest absolute Gasteiger partial charge is 0.354 e. The zero-order valence-electron chi connectivity index (χ0n) is 14.0. The molecule has 0 radical (unpaired) electrons. The van der Waals surface area contributed by atoms with E-state index in [4.69, 9.17) is 17.0 Å². The Hall–Kier alpha value is -2.59. The summed E-state index contributed by atoms with van der Waals surface area (Å²) >= 11 is 5.07. The minimum atomic E-state index is -4.59. The first-order valence-electron chi connectivity index (χ1n) is 8.12. The zero-order valence-corrected chi connectivity index (χ0v) is 14.8. The quantitative estimate of drug-likeness (QED) is 0.376. The second kappa shape index (κ2) is 6.49. The number of rotatable bonds is 4. The van der Waals surface area contributed by atoms with Gasteiger partial charge >= 0.3 is 6.18 Å². The highest BCUT2D eigenvalue weighted by Gasteiger charge is 2.61. The van der Waals surface area contributed by atoms with Crippen molar-refractivity contribution in [1.29, 1.82) is 0 Å². The van der Waals surface area contributed by atoms with E-state index in [1.807, 2.05) is 0 Å². The van der Waals surface area contributed by atoms with Crippen LogP contribution in [0.15, 0.2) is 48.8 Å². The molecule has 2 atom stereocenters. The Morgan fingerprint density at radius 3 is 2.54 bits per heavy atom. The molecule has 2 heterocycles. The fraction of sp³-hybridized carbons (Fsp3) is 0.222. The molecule has 28 heavy (non-hydrogen) atoms. The van der Waals surface area contributed by atoms with Gasteiger partial charge in [0.1, 0.15) is 18.0 Å². The Labute approximate surface area is 160 Å². The van der Waals surface area contributed by atoms with E-state index < -0.39 is 35.1 Å². The number of halogens is 5. The van der Waals surface area contributed by atoms with Gasteiger partial charge in [-0.15, -0.1) is 0 Å². The monoisotopic (exact) mass is 413 g/mol. The largest absolute Gasteiger partial charge is 0.416 e. The van der Waals surface area contributed by atoms with Crippen molar-refractivity contribution in [1.82, 2.24) is 14.8 Å². The van der Waals surface area contributed by atoms with Crippen molar-refractivity contribution in [2.45, 2.75) is 24.4 Å². The van der Waals surface area contributed by atoms with Crippen LogP contribution >= 0.6 is 12.2 Å². The molecule has 0 spiro atoms. The molecule has 1 aliphatic rings. The van der Waals surface area contributed by atoms with Gasteiger partial charge in [0.05, 0.1) is 12.1 Å². The maximum Gasteiger partial charge on any atom is 0.416 e. The molecule has 10 heteroatoms. The average Bonchev–Trinajstić information content (AvgIpc) is 3.24. The lowest BCUT2D eigenvalue weighted by molar-refractivity contribution is -0.138. The summed E-state index contributed by atoms with van der Waals surface area (Å²) in [6.07, 6.45) is -4.30. The maximum atomic E-state index is 13.8. The number of H-pyrrole nitrogens is 1. The van der Waals surface area contributed by atoms with Crippen LogP contribution in [0.2, 0.25) is 0 Å². The van der Waals surface area contributed by atoms with E-state index in [0.717, 1.165) is 18.2 Å². The first-order chi connectivity index (χ1) is 13.2. The van der Waals surface area contributed by atoms with E-state index >= 15 is 0 Å². The Bertz CT molecular complexity index is 1090. The molecule has 4 nitrogen and oxygen atoms in total. The number of hydrogen-bond donors (Lipinski definition) is 1. The van der Waals surface area contributed by atoms with Gasteiger partial charge in [-0.05, 0) is 41.5 Å². The molecule has 3 aromatic rings. The van der Waals surface area contributed by atoms with E-state index in [2.05, 4.69) is 10.1 Å². The molecule has 1 aromatic heterocycles. The predicted molar refractivity (Wildman–Crippen MR) is 90.7 cm³/mol. The number of alkyl halides is 3. The van der Waals surface area contributed by atoms with Crippen molar-refractivity contribution in [2.24, 2.45) is 0 Å². The number of aromatic nitrogens is 3. The van der Waals surface area contributed by atoms with E-state index in [9.17, 15) is 22.0 Å². The molecule has 0 amide bonds. The first kappa shape index (κ1) is 18.8. The molecule has 1 saturated heterocycles. The number of hydrogen-bond acceptors (Lipinski definition) is 3. The Balaban J connectivity index is 1.82. The highest BCUT2D eigenvalue weighted by Crippen LogP contribution is 2.59. The Morgan fingerprint density at radius 1 is 1.14 bits per heavy atom. The van der Waals surface area contributed by atoms with Crippen LogP contribution in [0, 0.1) is 16.4 Å². The van der Waals surface area contributed by atoms with Crippen molar-refractivity contribution in [3.05, 3.63) is 81.9 Å². The molecule has 1 aliphatic heterocycles. The van der Waals surface area contributed by atoms with Crippen LogP contribution in [0.5, 0.6) is 0 Å².